The number of benzene rings is 10. The summed E-state index contributed by atoms with van der Waals surface area (Å²) in [5.41, 5.74) is -0.00119. The van der Waals surface area contributed by atoms with Crippen molar-refractivity contribution in [2.24, 2.45) is 0 Å². The molecule has 5 aromatic heterocycles. The first-order valence-electron chi connectivity index (χ1n) is 39.2. The number of phenols is 3. The van der Waals surface area contributed by atoms with E-state index in [2.05, 4.69) is 4.90 Å². The lowest BCUT2D eigenvalue weighted by molar-refractivity contribution is -0.591. The molecule has 41 heteroatoms. The standard InChI is InChI=1S/C18H18N4O5.C18H17N3O5.C17H15N3O5.2C16H15N3O5/c1-19-8-10-20(11-9-19)18(24)27-15-7-3-5-13-17(15)22(26)12-4-2-6-14(23)16(12)21(13)25;1-25-14-8-4-6-12-16(14)20(23)13-7-5-9-15(17(13)21(12)24)26-18(22)19-10-2-3-11-19;21-13-7-3-5-11-15(13)19(23)12-6-4-8-14(16(12)20(11)24)25-17(22)18-9-1-2-10-18;1-17(2)16(20)24-13-9-5-7-11-15(13)19(22)10-6-4-8-12(23-3)14(10)18(11)21;1-3-17(2)16(21)24-13-9-5-7-11-15(13)19(23)10-6-4-8-12(20)14(10)18(11)22/h2-7,23H,8-11H2,1H3;4-9H,2-3,10-11H2,1H3;3-8,21H,1-2,9-10H2;4-9H,1-3H3;4-9,20H,3H2,1-2H3. The lowest BCUT2D eigenvalue weighted by atomic mass is 10.2. The van der Waals surface area contributed by atoms with Crippen molar-refractivity contribution in [3.63, 3.8) is 0 Å². The molecule has 3 aliphatic heterocycles. The molecule has 0 bridgehead atoms. The number of piperazine rings is 1. The summed E-state index contributed by atoms with van der Waals surface area (Å²) in [5, 5.41) is 157. The highest BCUT2D eigenvalue weighted by molar-refractivity contribution is 5.91. The summed E-state index contributed by atoms with van der Waals surface area (Å²) in [6.45, 7) is 7.20. The molecule has 3 N–H and O–H groups in total. The lowest BCUT2D eigenvalue weighted by Crippen LogP contribution is -2.48. The van der Waals surface area contributed by atoms with Gasteiger partial charge in [-0.05, 0) is 100 Å². The minimum atomic E-state index is -0.648. The van der Waals surface area contributed by atoms with E-state index in [1.54, 1.807) is 59.0 Å². The maximum atomic E-state index is 12.9. The fourth-order valence-corrected chi connectivity index (χ4v) is 14.5. The van der Waals surface area contributed by atoms with Crippen molar-refractivity contribution < 1.29 is 120 Å². The van der Waals surface area contributed by atoms with E-state index in [-0.39, 0.29) is 162 Å². The van der Waals surface area contributed by atoms with Crippen LogP contribution < -0.4 is 80.5 Å². The third kappa shape index (κ3) is 16.3. The Labute approximate surface area is 712 Å². The van der Waals surface area contributed by atoms with Crippen LogP contribution in [0.2, 0.25) is 0 Å². The molecule has 0 spiro atoms. The normalized spacial score (nSPS) is 13.2. The van der Waals surface area contributed by atoms with Gasteiger partial charge in [0.1, 0.15) is 0 Å². The van der Waals surface area contributed by atoms with Gasteiger partial charge in [-0.1, -0.05) is 60.7 Å². The van der Waals surface area contributed by atoms with Crippen LogP contribution in [-0.2, 0) is 0 Å². The molecule has 41 nitrogen and oxygen atoms in total. The molecule has 650 valence electrons. The Morgan fingerprint density at radius 1 is 0.302 bits per heavy atom. The quantitative estimate of drug-likeness (QED) is 0.0792. The fourth-order valence-electron chi connectivity index (χ4n) is 14.5. The van der Waals surface area contributed by atoms with E-state index in [0.29, 0.717) is 98.9 Å². The Hall–Kier alpha value is -16.5. The second-order valence-corrected chi connectivity index (χ2v) is 29.1. The number of likely N-dealkylation sites (tertiary alicyclic amines) is 2. The van der Waals surface area contributed by atoms with Gasteiger partial charge in [-0.15, -0.1) is 0 Å². The summed E-state index contributed by atoms with van der Waals surface area (Å²) in [7, 11) is 9.42. The number of nitrogens with zero attached hydrogens (tertiary/aromatic N) is 16. The van der Waals surface area contributed by atoms with Crippen LogP contribution in [0.1, 0.15) is 32.6 Å². The van der Waals surface area contributed by atoms with Crippen LogP contribution in [-0.4, -0.2) is 176 Å². The number of phenolic OH excluding ortho intramolecular Hbond substituents is 3. The van der Waals surface area contributed by atoms with Gasteiger partial charge in [-0.3, -0.25) is 0 Å². The van der Waals surface area contributed by atoms with Crippen molar-refractivity contribution in [3.05, 3.63) is 234 Å². The van der Waals surface area contributed by atoms with E-state index in [4.69, 9.17) is 33.2 Å². The largest absolute Gasteiger partial charge is 0.617 e. The highest BCUT2D eigenvalue weighted by Gasteiger charge is 2.37. The van der Waals surface area contributed by atoms with Crippen molar-refractivity contribution in [1.29, 1.82) is 0 Å². The first kappa shape index (κ1) is 85.9. The van der Waals surface area contributed by atoms with Crippen LogP contribution in [0.4, 0.5) is 24.0 Å². The zero-order valence-corrected chi connectivity index (χ0v) is 68.5. The summed E-state index contributed by atoms with van der Waals surface area (Å²) in [5.74, 6) is -0.259. The molecule has 3 saturated heterocycles. The smallest absolute Gasteiger partial charge is 0.415 e. The first-order valence-corrected chi connectivity index (χ1v) is 39.2. The molecule has 0 aliphatic carbocycles. The van der Waals surface area contributed by atoms with E-state index in [1.165, 1.54) is 190 Å². The zero-order valence-electron chi connectivity index (χ0n) is 68.5. The minimum absolute atomic E-state index is 0.00118. The number of methoxy groups -OCH3 is 2. The average molecular weight is 1730 g/mol. The number of aromatic nitrogens is 10. The number of amides is 5. The Balaban J connectivity index is 0.000000128. The van der Waals surface area contributed by atoms with Gasteiger partial charge in [0.15, 0.2) is 28.7 Å². The average Bonchev–Trinajstić information content (AvgIpc) is 0.863. The van der Waals surface area contributed by atoms with E-state index < -0.39 is 30.5 Å². The molecule has 8 heterocycles. The molecule has 15 aromatic rings. The first-order chi connectivity index (χ1) is 60.6. The topological polar surface area (TPSA) is 499 Å². The lowest BCUT2D eigenvalue weighted by Gasteiger charge is -2.31. The summed E-state index contributed by atoms with van der Waals surface area (Å²) >= 11 is 0. The number of aromatic hydroxyl groups is 3. The Morgan fingerprint density at radius 3 is 0.754 bits per heavy atom. The number of hydrogen-bond acceptors (Lipinski definition) is 26. The molecule has 126 heavy (non-hydrogen) atoms. The predicted molar refractivity (Wildman–Crippen MR) is 448 cm³/mol. The van der Waals surface area contributed by atoms with Crippen LogP contribution in [0.25, 0.3) is 110 Å². The van der Waals surface area contributed by atoms with Gasteiger partial charge < -0.3 is 130 Å². The number of likely N-dealkylation sites (N-methyl/N-ethyl adjacent to an activating group) is 1. The highest BCUT2D eigenvalue weighted by atomic mass is 16.6. The number of carbonyl (C=O) groups excluding carboxylic acids is 5. The van der Waals surface area contributed by atoms with Crippen molar-refractivity contribution in [1.82, 2.24) is 29.4 Å². The van der Waals surface area contributed by atoms with Gasteiger partial charge in [-0.2, -0.15) is 47.3 Å². The predicted octanol–water partition coefficient (Wildman–Crippen LogP) is 6.88. The molecule has 0 saturated carbocycles. The molecule has 5 amide bonds. The summed E-state index contributed by atoms with van der Waals surface area (Å²) in [4.78, 5) is 70.2. The second-order valence-electron chi connectivity index (χ2n) is 29.1. The third-order valence-corrected chi connectivity index (χ3v) is 21.1. The van der Waals surface area contributed by atoms with Gasteiger partial charge in [0.05, 0.1) is 14.2 Å². The van der Waals surface area contributed by atoms with Gasteiger partial charge in [0.25, 0.3) is 55.2 Å². The van der Waals surface area contributed by atoms with Crippen molar-refractivity contribution in [2.45, 2.75) is 32.6 Å². The van der Waals surface area contributed by atoms with Gasteiger partial charge >= 0.3 is 85.6 Å². The van der Waals surface area contributed by atoms with Crippen LogP contribution in [0.5, 0.6) is 57.5 Å². The maximum Gasteiger partial charge on any atom is 0.415 e. The van der Waals surface area contributed by atoms with Gasteiger partial charge in [-0.25, -0.2) is 24.0 Å². The molecule has 3 aliphatic rings. The Bertz CT molecular complexity index is 6860. The van der Waals surface area contributed by atoms with E-state index in [0.717, 1.165) is 38.8 Å². The number of carbonyl (C=O) groups is 5. The SMILES string of the molecule is CCN(C)C(=O)Oc1cccc2c1[n+]([O-])c1cccc(O)c1[n+]2[O-].CN1CCN(C(=O)Oc2cccc3c2[n+]([O-])c2cccc(O)c2[n+]3[O-])CC1.COc1cccc2c1[n+]([O-])c1cccc(OC(=O)N(C)C)c1[n+]2[O-].COc1cccc2c1[n+]([O-])c1cccc(OC(=O)N3CCCC3)c1[n+]2[O-].O=C(Oc1cccc2c1[n+]([O-])c1cccc(O)c1[n+]2[O-])N1CCCC1. The molecule has 0 atom stereocenters. The molecule has 0 radical (unpaired) electrons. The zero-order chi connectivity index (χ0) is 89.8. The fraction of sp³-hybridized carbons (Fsp3) is 0.235. The number of fused-ring (bicyclic) bond motifs is 10. The van der Waals surface area contributed by atoms with E-state index >= 15 is 0 Å². The summed E-state index contributed by atoms with van der Waals surface area (Å²) < 4.78 is 42.4. The van der Waals surface area contributed by atoms with Crippen LogP contribution in [0, 0.1) is 52.1 Å². The third-order valence-electron chi connectivity index (χ3n) is 21.1. The maximum absolute atomic E-state index is 12.9. The summed E-state index contributed by atoms with van der Waals surface area (Å²) in [6, 6.07) is 44.4. The Kier molecular flexibility index (Phi) is 24.6. The number of ether oxygens (including phenoxy) is 7. The van der Waals surface area contributed by atoms with Crippen molar-refractivity contribution >= 4 is 141 Å². The minimum Gasteiger partial charge on any atom is -0.617 e. The molecule has 18 rings (SSSR count). The molecule has 10 aromatic carbocycles. The van der Waals surface area contributed by atoms with Crippen molar-refractivity contribution in [3.8, 4) is 57.5 Å². The van der Waals surface area contributed by atoms with Crippen LogP contribution in [0.3, 0.4) is 0 Å². The van der Waals surface area contributed by atoms with Crippen molar-refractivity contribution in [2.75, 3.05) is 101 Å². The molecular formula is C85H80N16O25. The van der Waals surface area contributed by atoms with E-state index in [9.17, 15) is 91.4 Å². The van der Waals surface area contributed by atoms with Crippen LogP contribution in [0.15, 0.2) is 182 Å². The molecular weight excluding hydrogens is 1650 g/mol. The summed E-state index contributed by atoms with van der Waals surface area (Å²) in [6.07, 6.45) is 0.770. The number of rotatable bonds is 8. The highest BCUT2D eigenvalue weighted by Crippen LogP contribution is 2.34. The second kappa shape index (κ2) is 36.1. The van der Waals surface area contributed by atoms with Gasteiger partial charge in [0.2, 0.25) is 28.7 Å². The van der Waals surface area contributed by atoms with Gasteiger partial charge in [0, 0.05) is 141 Å². The number of hydrogen-bond donors (Lipinski definition) is 3. The van der Waals surface area contributed by atoms with Crippen LogP contribution >= 0.6 is 0 Å². The monoisotopic (exact) mass is 1720 g/mol. The number of para-hydroxylation sites is 10. The van der Waals surface area contributed by atoms with E-state index in [1.807, 2.05) is 7.05 Å². The molecule has 3 fully saturated rings. The Morgan fingerprint density at radius 2 is 0.508 bits per heavy atom. The molecule has 0 unspecified atom stereocenters.